The van der Waals surface area contributed by atoms with E-state index in [1.807, 2.05) is 6.07 Å². The van der Waals surface area contributed by atoms with Crippen LogP contribution in [0.1, 0.15) is 30.4 Å². The Morgan fingerprint density at radius 3 is 2.83 bits per heavy atom. The standard InChI is InChI=1S/C14H17FN2O/c1-18-14(6-3-7-14)10-17-9-12-5-2-4-11(8-16)13(12)15/h2,4-5,17H,3,6-7,9-10H2,1H3. The second kappa shape index (κ2) is 5.47. The average Bonchev–Trinajstić information content (AvgIpc) is 2.34. The van der Waals surface area contributed by atoms with Crippen LogP contribution in [-0.4, -0.2) is 19.3 Å². The Bertz CT molecular complexity index is 458. The molecule has 0 aromatic heterocycles. The molecule has 0 spiro atoms. The third-order valence-corrected chi connectivity index (χ3v) is 3.66. The summed E-state index contributed by atoms with van der Waals surface area (Å²) >= 11 is 0. The molecule has 0 aliphatic heterocycles. The summed E-state index contributed by atoms with van der Waals surface area (Å²) in [6, 6.07) is 6.74. The second-order valence-electron chi connectivity index (χ2n) is 4.73. The van der Waals surface area contributed by atoms with E-state index in [2.05, 4.69) is 5.32 Å². The van der Waals surface area contributed by atoms with Crippen LogP contribution in [0.2, 0.25) is 0 Å². The summed E-state index contributed by atoms with van der Waals surface area (Å²) in [6.07, 6.45) is 3.29. The lowest BCUT2D eigenvalue weighted by Crippen LogP contribution is -2.47. The molecule has 4 heteroatoms. The van der Waals surface area contributed by atoms with Crippen LogP contribution >= 0.6 is 0 Å². The molecule has 0 unspecified atom stereocenters. The summed E-state index contributed by atoms with van der Waals surface area (Å²) in [7, 11) is 1.72. The summed E-state index contributed by atoms with van der Waals surface area (Å²) in [6.45, 7) is 1.15. The molecule has 0 bridgehead atoms. The van der Waals surface area contributed by atoms with Gasteiger partial charge in [-0.2, -0.15) is 5.26 Å². The number of nitriles is 1. The molecule has 1 saturated carbocycles. The molecule has 1 aromatic rings. The molecule has 96 valence electrons. The predicted molar refractivity (Wildman–Crippen MR) is 66.4 cm³/mol. The number of hydrogen-bond acceptors (Lipinski definition) is 3. The minimum absolute atomic E-state index is 0.0662. The van der Waals surface area contributed by atoms with Gasteiger partial charge in [0.15, 0.2) is 0 Å². The predicted octanol–water partition coefficient (Wildman–Crippen LogP) is 2.36. The smallest absolute Gasteiger partial charge is 0.145 e. The Balaban J connectivity index is 1.93. The number of ether oxygens (including phenoxy) is 1. The third-order valence-electron chi connectivity index (χ3n) is 3.66. The summed E-state index contributed by atoms with van der Waals surface area (Å²) in [5, 5.41) is 12.0. The van der Waals surface area contributed by atoms with E-state index in [0.717, 1.165) is 19.4 Å². The molecule has 0 radical (unpaired) electrons. The molecule has 1 aliphatic carbocycles. The number of rotatable bonds is 5. The van der Waals surface area contributed by atoms with Crippen LogP contribution in [0.4, 0.5) is 4.39 Å². The second-order valence-corrected chi connectivity index (χ2v) is 4.73. The Morgan fingerprint density at radius 1 is 1.50 bits per heavy atom. The monoisotopic (exact) mass is 248 g/mol. The van der Waals surface area contributed by atoms with Gasteiger partial charge < -0.3 is 10.1 Å². The van der Waals surface area contributed by atoms with Crippen molar-refractivity contribution in [3.63, 3.8) is 0 Å². The summed E-state index contributed by atoms with van der Waals surface area (Å²) in [5.74, 6) is -0.424. The number of nitrogens with zero attached hydrogens (tertiary/aromatic N) is 1. The summed E-state index contributed by atoms with van der Waals surface area (Å²) in [5.41, 5.74) is 0.558. The number of halogens is 1. The highest BCUT2D eigenvalue weighted by molar-refractivity contribution is 5.34. The molecule has 1 N–H and O–H groups in total. The lowest BCUT2D eigenvalue weighted by molar-refractivity contribution is -0.0695. The van der Waals surface area contributed by atoms with E-state index in [4.69, 9.17) is 10.00 Å². The SMILES string of the molecule is COC1(CNCc2cccc(C#N)c2F)CCC1. The first-order valence-corrected chi connectivity index (χ1v) is 6.14. The Kier molecular flexibility index (Phi) is 3.95. The molecule has 1 aliphatic rings. The van der Waals surface area contributed by atoms with Gasteiger partial charge in [-0.05, 0) is 25.3 Å². The maximum atomic E-state index is 13.8. The van der Waals surface area contributed by atoms with Crippen molar-refractivity contribution in [2.45, 2.75) is 31.4 Å². The van der Waals surface area contributed by atoms with Gasteiger partial charge in [0, 0.05) is 25.8 Å². The van der Waals surface area contributed by atoms with Gasteiger partial charge in [0.1, 0.15) is 11.9 Å². The molecule has 0 atom stereocenters. The van der Waals surface area contributed by atoms with E-state index in [1.165, 1.54) is 12.5 Å². The molecule has 0 saturated heterocycles. The highest BCUT2D eigenvalue weighted by atomic mass is 19.1. The molecular weight excluding hydrogens is 231 g/mol. The fraction of sp³-hybridized carbons (Fsp3) is 0.500. The van der Waals surface area contributed by atoms with Crippen LogP contribution in [0.15, 0.2) is 18.2 Å². The average molecular weight is 248 g/mol. The number of hydrogen-bond donors (Lipinski definition) is 1. The zero-order valence-corrected chi connectivity index (χ0v) is 10.5. The van der Waals surface area contributed by atoms with Crippen molar-refractivity contribution in [1.82, 2.24) is 5.32 Å². The van der Waals surface area contributed by atoms with Crippen LogP contribution < -0.4 is 5.32 Å². The van der Waals surface area contributed by atoms with Gasteiger partial charge >= 0.3 is 0 Å². The highest BCUT2D eigenvalue weighted by Crippen LogP contribution is 2.34. The quantitative estimate of drug-likeness (QED) is 0.870. The Morgan fingerprint density at radius 2 is 2.28 bits per heavy atom. The number of benzene rings is 1. The fourth-order valence-corrected chi connectivity index (χ4v) is 2.25. The normalized spacial score (nSPS) is 16.9. The Hall–Kier alpha value is -1.44. The van der Waals surface area contributed by atoms with Gasteiger partial charge in [-0.25, -0.2) is 4.39 Å². The first-order chi connectivity index (χ1) is 8.71. The molecule has 2 rings (SSSR count). The third kappa shape index (κ3) is 2.53. The molecule has 1 fully saturated rings. The van der Waals surface area contributed by atoms with Crippen molar-refractivity contribution in [3.05, 3.63) is 35.1 Å². The zero-order chi connectivity index (χ0) is 13.0. The van der Waals surface area contributed by atoms with Crippen molar-refractivity contribution in [2.75, 3.05) is 13.7 Å². The van der Waals surface area contributed by atoms with E-state index >= 15 is 0 Å². The molecule has 18 heavy (non-hydrogen) atoms. The minimum atomic E-state index is -0.424. The zero-order valence-electron chi connectivity index (χ0n) is 10.5. The van der Waals surface area contributed by atoms with Crippen molar-refractivity contribution in [2.24, 2.45) is 0 Å². The lowest BCUT2D eigenvalue weighted by Gasteiger charge is -2.40. The summed E-state index contributed by atoms with van der Waals surface area (Å²) < 4.78 is 19.3. The number of nitrogens with one attached hydrogen (secondary N) is 1. The lowest BCUT2D eigenvalue weighted by atomic mass is 9.80. The van der Waals surface area contributed by atoms with E-state index in [9.17, 15) is 4.39 Å². The van der Waals surface area contributed by atoms with Gasteiger partial charge in [0.25, 0.3) is 0 Å². The largest absolute Gasteiger partial charge is 0.377 e. The highest BCUT2D eigenvalue weighted by Gasteiger charge is 2.36. The van der Waals surface area contributed by atoms with Crippen molar-refractivity contribution >= 4 is 0 Å². The van der Waals surface area contributed by atoms with E-state index in [1.54, 1.807) is 19.2 Å². The van der Waals surface area contributed by atoms with Crippen LogP contribution in [0, 0.1) is 17.1 Å². The topological polar surface area (TPSA) is 45.0 Å². The maximum absolute atomic E-state index is 13.8. The first-order valence-electron chi connectivity index (χ1n) is 6.14. The van der Waals surface area contributed by atoms with Gasteiger partial charge in [0.2, 0.25) is 0 Å². The first kappa shape index (κ1) is 13.0. The van der Waals surface area contributed by atoms with Gasteiger partial charge in [-0.3, -0.25) is 0 Å². The maximum Gasteiger partial charge on any atom is 0.145 e. The minimum Gasteiger partial charge on any atom is -0.377 e. The molecule has 3 nitrogen and oxygen atoms in total. The van der Waals surface area contributed by atoms with Crippen LogP contribution in [0.25, 0.3) is 0 Å². The van der Waals surface area contributed by atoms with Crippen molar-refractivity contribution in [3.8, 4) is 6.07 Å². The Labute approximate surface area is 107 Å². The summed E-state index contributed by atoms with van der Waals surface area (Å²) in [4.78, 5) is 0. The van der Waals surface area contributed by atoms with Crippen LogP contribution in [0.3, 0.4) is 0 Å². The van der Waals surface area contributed by atoms with E-state index in [0.29, 0.717) is 12.1 Å². The van der Waals surface area contributed by atoms with Gasteiger partial charge in [0.05, 0.1) is 11.2 Å². The van der Waals surface area contributed by atoms with Crippen LogP contribution in [-0.2, 0) is 11.3 Å². The molecular formula is C14H17FN2O. The van der Waals surface area contributed by atoms with Gasteiger partial charge in [-0.15, -0.1) is 0 Å². The van der Waals surface area contributed by atoms with Crippen LogP contribution in [0.5, 0.6) is 0 Å². The molecule has 0 amide bonds. The molecule has 0 heterocycles. The van der Waals surface area contributed by atoms with Crippen molar-refractivity contribution < 1.29 is 9.13 Å². The van der Waals surface area contributed by atoms with Crippen molar-refractivity contribution in [1.29, 1.82) is 5.26 Å². The number of methoxy groups -OCH3 is 1. The fourth-order valence-electron chi connectivity index (χ4n) is 2.25. The van der Waals surface area contributed by atoms with E-state index in [-0.39, 0.29) is 11.2 Å². The van der Waals surface area contributed by atoms with E-state index < -0.39 is 5.82 Å². The molecule has 1 aromatic carbocycles. The van der Waals surface area contributed by atoms with Gasteiger partial charge in [-0.1, -0.05) is 12.1 Å².